The molecule has 6 rings (SSSR count). The average molecular weight is 1410 g/mol. The van der Waals surface area contributed by atoms with E-state index >= 15 is 0 Å². The molecule has 4 aromatic rings. The molecular formula is C38H40N2O39S8. The zero-order valence-electron chi connectivity index (χ0n) is 42.0. The fourth-order valence-corrected chi connectivity index (χ4v) is 11.3. The van der Waals surface area contributed by atoms with Gasteiger partial charge in [-0.15, -0.1) is 0 Å². The molecule has 49 heteroatoms. The molecule has 0 radical (unpaired) electrons. The van der Waals surface area contributed by atoms with Crippen LogP contribution in [0.25, 0.3) is 0 Å². The lowest BCUT2D eigenvalue weighted by Gasteiger charge is -2.42. The molecule has 2 heterocycles. The van der Waals surface area contributed by atoms with Gasteiger partial charge in [0.1, 0.15) is 59.6 Å². The standard InChI is InChI=1S/C38H40N2O39S8/c41-19-39(23-5-13-27(14-6-23)70-37-35(78-86(61,62)63)33(76-84(55,56)57)31(74-82(49,50)51)29(72-37)17-67-80(43,44)45)21-1-9-25(10-2-21)69-26-11-3-22(4-12-26)40(20-42)24-7-15-28(16-8-24)71-38-36(79-87(64,65)66)34(77-85(58,59)60)32(75-83(52,53)54)30(73-38)18-68-81(46,47)48/h1-16,19-20,29-38H,17-18H2,(H,43,44,45)(H,46,47,48)(H,49,50,51)(H,52,53,54)(H,55,56,57)(H,58,59,60)(H,61,62,63)(H,64,65,66)/t29-,30-,31-,32-,33+,34+,35-,36-,37-,38-/m1/s1. The van der Waals surface area contributed by atoms with Gasteiger partial charge in [0.15, 0.2) is 12.2 Å². The van der Waals surface area contributed by atoms with Crippen LogP contribution >= 0.6 is 0 Å². The van der Waals surface area contributed by atoms with Crippen molar-refractivity contribution in [1.82, 2.24) is 0 Å². The molecule has 0 aliphatic carbocycles. The molecule has 2 aliphatic rings. The van der Waals surface area contributed by atoms with E-state index in [4.69, 9.17) is 32.8 Å². The van der Waals surface area contributed by atoms with E-state index in [-0.39, 0.29) is 34.2 Å². The summed E-state index contributed by atoms with van der Waals surface area (Å²) in [4.78, 5) is 26.9. The van der Waals surface area contributed by atoms with Crippen molar-refractivity contribution in [2.24, 2.45) is 0 Å². The van der Waals surface area contributed by atoms with E-state index in [1.165, 1.54) is 72.8 Å². The van der Waals surface area contributed by atoms with Gasteiger partial charge in [0.25, 0.3) is 0 Å². The summed E-state index contributed by atoms with van der Waals surface area (Å²) in [6.45, 7) is -3.06. The van der Waals surface area contributed by atoms with Gasteiger partial charge < -0.3 is 23.7 Å². The van der Waals surface area contributed by atoms with Crippen molar-refractivity contribution in [3.63, 3.8) is 0 Å². The van der Waals surface area contributed by atoms with Gasteiger partial charge in [-0.05, 0) is 97.1 Å². The number of amides is 2. The second-order valence-corrected chi connectivity index (χ2v) is 25.2. The molecule has 0 bridgehead atoms. The Morgan fingerprint density at radius 3 is 0.793 bits per heavy atom. The van der Waals surface area contributed by atoms with E-state index < -0.39 is 169 Å². The van der Waals surface area contributed by atoms with Crippen LogP contribution in [0.3, 0.4) is 0 Å². The topological polar surface area (TPSA) is 596 Å². The summed E-state index contributed by atoms with van der Waals surface area (Å²) in [7, 11) is -45.5. The zero-order chi connectivity index (χ0) is 64.9. The van der Waals surface area contributed by atoms with Gasteiger partial charge in [-0.25, -0.2) is 33.5 Å². The summed E-state index contributed by atoms with van der Waals surface area (Å²) >= 11 is 0. The normalized spacial score (nSPS) is 23.4. The molecule has 2 amide bonds. The van der Waals surface area contributed by atoms with Crippen LogP contribution in [0, 0.1) is 0 Å². The highest BCUT2D eigenvalue weighted by Crippen LogP contribution is 2.37. The van der Waals surface area contributed by atoms with Crippen molar-refractivity contribution in [3.8, 4) is 23.0 Å². The van der Waals surface area contributed by atoms with E-state index in [2.05, 4.69) is 33.5 Å². The van der Waals surface area contributed by atoms with E-state index in [1.807, 2.05) is 0 Å². The lowest BCUT2D eigenvalue weighted by molar-refractivity contribution is -0.260. The number of rotatable bonds is 30. The fourth-order valence-electron chi connectivity index (χ4n) is 7.69. The molecule has 8 N–H and O–H groups in total. The van der Waals surface area contributed by atoms with E-state index in [0.29, 0.717) is 12.8 Å². The molecule has 0 spiro atoms. The Bertz CT molecular complexity index is 3770. The smallest absolute Gasteiger partial charge is 0.397 e. The van der Waals surface area contributed by atoms with Crippen LogP contribution in [-0.2, 0) is 136 Å². The number of carbonyl (C=O) groups is 2. The summed E-state index contributed by atoms with van der Waals surface area (Å²) in [6.07, 6.45) is -25.6. The first-order valence-electron chi connectivity index (χ1n) is 22.3. The van der Waals surface area contributed by atoms with Crippen LogP contribution in [-0.4, -0.2) is 191 Å². The van der Waals surface area contributed by atoms with Gasteiger partial charge in [-0.3, -0.25) is 55.8 Å². The maximum absolute atomic E-state index is 12.4. The molecule has 4 aromatic carbocycles. The zero-order valence-corrected chi connectivity index (χ0v) is 48.5. The maximum Gasteiger partial charge on any atom is 0.397 e. The van der Waals surface area contributed by atoms with E-state index in [0.717, 1.165) is 34.1 Å². The van der Waals surface area contributed by atoms with Crippen molar-refractivity contribution in [2.75, 3.05) is 23.0 Å². The highest BCUT2D eigenvalue weighted by atomic mass is 32.3. The lowest BCUT2D eigenvalue weighted by atomic mass is 9.99. The Morgan fingerprint density at radius 1 is 0.333 bits per heavy atom. The van der Waals surface area contributed by atoms with E-state index in [1.54, 1.807) is 0 Å². The molecule has 0 aromatic heterocycles. The molecule has 2 saturated heterocycles. The van der Waals surface area contributed by atoms with Crippen LogP contribution in [0.5, 0.6) is 23.0 Å². The Labute approximate surface area is 491 Å². The molecule has 41 nitrogen and oxygen atoms in total. The lowest BCUT2D eigenvalue weighted by Crippen LogP contribution is -2.63. The van der Waals surface area contributed by atoms with Gasteiger partial charge in [0.2, 0.25) is 25.4 Å². The number of anilines is 4. The van der Waals surface area contributed by atoms with E-state index in [9.17, 15) is 104 Å². The summed E-state index contributed by atoms with van der Waals surface area (Å²) in [5, 5.41) is 0. The van der Waals surface area contributed by atoms with Crippen LogP contribution in [0.2, 0.25) is 0 Å². The summed E-state index contributed by atoms with van der Waals surface area (Å²) in [5.74, 6) is -0.481. The maximum atomic E-state index is 12.4. The monoisotopic (exact) mass is 1400 g/mol. The van der Waals surface area contributed by atoms with Crippen LogP contribution in [0.15, 0.2) is 97.1 Å². The van der Waals surface area contributed by atoms with Crippen molar-refractivity contribution in [1.29, 1.82) is 0 Å². The number of carbonyl (C=O) groups excluding carboxylic acids is 2. The first kappa shape index (κ1) is 70.2. The Morgan fingerprint density at radius 2 is 0.563 bits per heavy atom. The SMILES string of the molecule is O=CN(c1ccc(Oc2ccc(N(C=O)c3ccc(O[C@@H]4O[C@H](COS(=O)(=O)O)[C@@H](OS(=O)(=O)O)[C@H](OS(=O)(=O)O)[C@H]4OS(=O)(=O)O)cc3)cc2)cc1)c1ccc(O[C@@H]2O[C@H](COS(=O)(=O)O)[C@@H](OS(=O)(=O)O)[C@H](OS(=O)(=O)O)[C@H]2OS(=O)(=O)O)cc1. The van der Waals surface area contributed by atoms with Crippen molar-refractivity contribution in [2.45, 2.75) is 61.4 Å². The molecule has 2 aliphatic heterocycles. The summed E-state index contributed by atoms with van der Waals surface area (Å²) in [6, 6.07) is 20.1. The van der Waals surface area contributed by atoms with Gasteiger partial charge >= 0.3 is 83.2 Å². The third-order valence-electron chi connectivity index (χ3n) is 10.8. The van der Waals surface area contributed by atoms with Crippen molar-refractivity contribution in [3.05, 3.63) is 97.1 Å². The first-order valence-corrected chi connectivity index (χ1v) is 33.3. The molecule has 0 unspecified atom stereocenters. The molecular weight excluding hydrogens is 1360 g/mol. The number of hydrogen-bond donors (Lipinski definition) is 8. The van der Waals surface area contributed by atoms with Gasteiger partial charge in [0.05, 0.1) is 13.2 Å². The summed E-state index contributed by atoms with van der Waals surface area (Å²) < 4.78 is 324. The van der Waals surface area contributed by atoms with Crippen molar-refractivity contribution >= 4 is 119 Å². The molecule has 484 valence electrons. The van der Waals surface area contributed by atoms with Crippen LogP contribution in [0.1, 0.15) is 0 Å². The Kier molecular flexibility index (Phi) is 22.2. The van der Waals surface area contributed by atoms with Crippen molar-refractivity contribution < 1.29 is 171 Å². The second-order valence-electron chi connectivity index (χ2n) is 16.7. The summed E-state index contributed by atoms with van der Waals surface area (Å²) in [5.41, 5.74) is 0.484. The third-order valence-corrected chi connectivity index (χ3v) is 14.4. The highest BCUT2D eigenvalue weighted by Gasteiger charge is 2.56. The molecule has 87 heavy (non-hydrogen) atoms. The predicted octanol–water partition coefficient (Wildman–Crippen LogP) is -0.958. The minimum absolute atomic E-state index is 0.0662. The Balaban J connectivity index is 1.16. The number of hydrogen-bond acceptors (Lipinski definition) is 31. The Hall–Kier alpha value is -5.90. The molecule has 10 atom stereocenters. The largest absolute Gasteiger partial charge is 0.462 e. The molecule has 0 saturated carbocycles. The second kappa shape index (κ2) is 27.5. The predicted molar refractivity (Wildman–Crippen MR) is 274 cm³/mol. The number of nitrogens with zero attached hydrogens (tertiary/aromatic N) is 2. The van der Waals surface area contributed by atoms with Gasteiger partial charge in [-0.1, -0.05) is 0 Å². The van der Waals surface area contributed by atoms with Gasteiger partial charge in [0, 0.05) is 22.7 Å². The van der Waals surface area contributed by atoms with Gasteiger partial charge in [-0.2, -0.15) is 67.3 Å². The first-order chi connectivity index (χ1) is 39.9. The minimum atomic E-state index is -5.82. The fraction of sp³-hybridized carbons (Fsp3) is 0.316. The van der Waals surface area contributed by atoms with Crippen LogP contribution in [0.4, 0.5) is 22.7 Å². The minimum Gasteiger partial charge on any atom is -0.462 e. The quantitative estimate of drug-likeness (QED) is 0.0230. The number of benzene rings is 4. The molecule has 2 fully saturated rings. The van der Waals surface area contributed by atoms with Crippen LogP contribution < -0.4 is 24.0 Å². The average Bonchev–Trinajstić information content (AvgIpc) is 0.907. The highest BCUT2D eigenvalue weighted by molar-refractivity contribution is 7.82. The number of ether oxygens (including phenoxy) is 5. The third kappa shape index (κ3) is 22.3.